The molecule has 0 spiro atoms. The number of hydrogen-bond acceptors (Lipinski definition) is 8. The Kier molecular flexibility index (Phi) is 5.67. The van der Waals surface area contributed by atoms with E-state index >= 15 is 0 Å². The third-order valence-electron chi connectivity index (χ3n) is 7.36. The molecule has 0 aromatic heterocycles. The van der Waals surface area contributed by atoms with Crippen LogP contribution in [0.1, 0.15) is 24.0 Å². The molecule has 4 aliphatic rings. The number of ether oxygens (including phenoxy) is 1. The lowest BCUT2D eigenvalue weighted by Gasteiger charge is -2.42. The highest BCUT2D eigenvalue weighted by Crippen LogP contribution is 2.48. The van der Waals surface area contributed by atoms with Crippen LogP contribution in [0.25, 0.3) is 0 Å². The van der Waals surface area contributed by atoms with Crippen molar-refractivity contribution in [2.75, 3.05) is 11.6 Å². The van der Waals surface area contributed by atoms with Crippen molar-refractivity contribution in [3.63, 3.8) is 0 Å². The number of hydrogen-bond donors (Lipinski definition) is 2. The SMILES string of the molecule is CS(=O)(=O)Cc1ccc2c(c1)S(=O)(=O)N=C(C1=C(O)C3C([C@@H]4CC[C@H]3O4)N(Cc3ccc(F)cc3)C1=O)N2. The fourth-order valence-corrected chi connectivity index (χ4v) is 7.79. The van der Waals surface area contributed by atoms with Gasteiger partial charge in [-0.3, -0.25) is 4.79 Å². The predicted octanol–water partition coefficient (Wildman–Crippen LogP) is 2.28. The standard InChI is InChI=1S/C25H24FN3O7S2/c1-37(32,33)12-14-4-7-16-19(10-14)38(34,35)28-24(27-16)21-23(30)20-17-8-9-18(36-17)22(20)29(25(21)31)11-13-2-5-15(26)6-3-13/h2-7,10,17-18,20,22,30H,8-9,11-12H2,1H3,(H,27,28)/t17-,18+,20?,22?/m1/s1. The van der Waals surface area contributed by atoms with E-state index in [2.05, 4.69) is 9.71 Å². The number of nitrogens with one attached hydrogen (secondary N) is 1. The molecule has 2 fully saturated rings. The van der Waals surface area contributed by atoms with Crippen LogP contribution >= 0.6 is 0 Å². The number of nitrogens with zero attached hydrogens (tertiary/aromatic N) is 2. The number of amides is 1. The lowest BCUT2D eigenvalue weighted by atomic mass is 9.77. The zero-order valence-corrected chi connectivity index (χ0v) is 21.8. The summed E-state index contributed by atoms with van der Waals surface area (Å²) in [5, 5.41) is 14.2. The van der Waals surface area contributed by atoms with Gasteiger partial charge in [-0.15, -0.1) is 4.40 Å². The largest absolute Gasteiger partial charge is 0.511 e. The number of fused-ring (bicyclic) bond motifs is 6. The van der Waals surface area contributed by atoms with E-state index in [1.165, 1.54) is 30.3 Å². The fraction of sp³-hybridized carbons (Fsp3) is 0.360. The van der Waals surface area contributed by atoms with Gasteiger partial charge in [-0.2, -0.15) is 8.42 Å². The number of halogens is 1. The summed E-state index contributed by atoms with van der Waals surface area (Å²) in [4.78, 5) is 15.2. The monoisotopic (exact) mass is 561 g/mol. The zero-order chi connectivity index (χ0) is 27.0. The Labute approximate surface area is 218 Å². The molecule has 6 rings (SSSR count). The first kappa shape index (κ1) is 25.0. The van der Waals surface area contributed by atoms with Crippen LogP contribution in [0.4, 0.5) is 10.1 Å². The number of benzene rings is 2. The van der Waals surface area contributed by atoms with Gasteiger partial charge in [0.25, 0.3) is 15.9 Å². The second kappa shape index (κ2) is 8.61. The van der Waals surface area contributed by atoms with E-state index in [4.69, 9.17) is 4.74 Å². The Morgan fingerprint density at radius 3 is 2.53 bits per heavy atom. The maximum atomic E-state index is 13.9. The molecule has 4 atom stereocenters. The summed E-state index contributed by atoms with van der Waals surface area (Å²) in [6.07, 6.45) is 1.83. The number of carbonyl (C=O) groups excluding carboxylic acids is 1. The lowest BCUT2D eigenvalue weighted by Crippen LogP contribution is -2.55. The molecule has 10 nitrogen and oxygen atoms in total. The van der Waals surface area contributed by atoms with Crippen molar-refractivity contribution >= 4 is 37.3 Å². The highest BCUT2D eigenvalue weighted by atomic mass is 32.2. The minimum Gasteiger partial charge on any atom is -0.511 e. The summed E-state index contributed by atoms with van der Waals surface area (Å²) in [5.41, 5.74) is 0.783. The summed E-state index contributed by atoms with van der Waals surface area (Å²) >= 11 is 0. The van der Waals surface area contributed by atoms with Crippen LogP contribution in [0.15, 0.2) is 63.1 Å². The Bertz CT molecular complexity index is 1640. The second-order valence-electron chi connectivity index (χ2n) is 10.1. The molecule has 200 valence electrons. The maximum absolute atomic E-state index is 13.9. The second-order valence-corrected chi connectivity index (χ2v) is 13.8. The summed E-state index contributed by atoms with van der Waals surface area (Å²) in [5.74, 6) is -2.54. The van der Waals surface area contributed by atoms with Crippen LogP contribution in [0.3, 0.4) is 0 Å². The van der Waals surface area contributed by atoms with Gasteiger partial charge in [0.1, 0.15) is 22.0 Å². The molecular formula is C25H24FN3O7S2. The zero-order valence-electron chi connectivity index (χ0n) is 20.2. The number of sulfonamides is 1. The van der Waals surface area contributed by atoms with E-state index in [0.717, 1.165) is 12.7 Å². The number of carbonyl (C=O) groups is 1. The van der Waals surface area contributed by atoms with Crippen LogP contribution in [-0.2, 0) is 41.7 Å². The first-order chi connectivity index (χ1) is 17.9. The first-order valence-corrected chi connectivity index (χ1v) is 15.5. The molecule has 0 radical (unpaired) electrons. The highest BCUT2D eigenvalue weighted by molar-refractivity contribution is 7.90. The van der Waals surface area contributed by atoms with Crippen molar-refractivity contribution in [2.24, 2.45) is 10.3 Å². The van der Waals surface area contributed by atoms with Gasteiger partial charge in [-0.1, -0.05) is 18.2 Å². The van der Waals surface area contributed by atoms with Crippen molar-refractivity contribution in [2.45, 2.75) is 48.3 Å². The Morgan fingerprint density at radius 1 is 1.13 bits per heavy atom. The van der Waals surface area contributed by atoms with Crippen LogP contribution in [0.5, 0.6) is 0 Å². The van der Waals surface area contributed by atoms with Crippen molar-refractivity contribution < 1.29 is 35.9 Å². The van der Waals surface area contributed by atoms with E-state index in [1.54, 1.807) is 17.0 Å². The van der Waals surface area contributed by atoms with Crippen LogP contribution < -0.4 is 5.32 Å². The van der Waals surface area contributed by atoms with Crippen LogP contribution in [0.2, 0.25) is 0 Å². The van der Waals surface area contributed by atoms with Crippen molar-refractivity contribution in [3.05, 3.63) is 70.7 Å². The fourth-order valence-electron chi connectivity index (χ4n) is 5.83. The van der Waals surface area contributed by atoms with Gasteiger partial charge in [0, 0.05) is 12.8 Å². The van der Waals surface area contributed by atoms with Crippen molar-refractivity contribution in [1.82, 2.24) is 4.90 Å². The Morgan fingerprint density at radius 2 is 1.82 bits per heavy atom. The summed E-state index contributed by atoms with van der Waals surface area (Å²) < 4.78 is 73.0. The highest BCUT2D eigenvalue weighted by Gasteiger charge is 2.58. The third kappa shape index (κ3) is 4.18. The molecule has 38 heavy (non-hydrogen) atoms. The molecule has 0 saturated carbocycles. The van der Waals surface area contributed by atoms with Gasteiger partial charge in [-0.05, 0) is 48.2 Å². The van der Waals surface area contributed by atoms with E-state index < -0.39 is 43.5 Å². The lowest BCUT2D eigenvalue weighted by molar-refractivity contribution is -0.133. The Balaban J connectivity index is 1.41. The molecule has 4 heterocycles. The van der Waals surface area contributed by atoms with E-state index in [0.29, 0.717) is 12.0 Å². The molecule has 0 aliphatic carbocycles. The first-order valence-electron chi connectivity index (χ1n) is 12.0. The van der Waals surface area contributed by atoms with Crippen LogP contribution in [-0.4, -0.2) is 63.1 Å². The number of sulfone groups is 1. The molecule has 2 aromatic carbocycles. The quantitative estimate of drug-likeness (QED) is 0.566. The van der Waals surface area contributed by atoms with E-state index in [9.17, 15) is 31.1 Å². The minimum absolute atomic E-state index is 0.106. The van der Waals surface area contributed by atoms with Gasteiger partial charge in [-0.25, -0.2) is 12.8 Å². The topological polar surface area (TPSA) is 142 Å². The summed E-state index contributed by atoms with van der Waals surface area (Å²) in [6.45, 7) is 0.106. The predicted molar refractivity (Wildman–Crippen MR) is 135 cm³/mol. The van der Waals surface area contributed by atoms with E-state index in [1.807, 2.05) is 0 Å². The molecule has 4 aliphatic heterocycles. The average Bonchev–Trinajstić information content (AvgIpc) is 3.45. The molecule has 2 bridgehead atoms. The number of amidine groups is 1. The summed E-state index contributed by atoms with van der Waals surface area (Å²) in [6, 6.07) is 9.37. The maximum Gasteiger partial charge on any atom is 0.286 e. The van der Waals surface area contributed by atoms with Gasteiger partial charge in [0.05, 0.1) is 35.6 Å². The number of aliphatic hydroxyl groups excluding tert-OH is 1. The smallest absolute Gasteiger partial charge is 0.286 e. The van der Waals surface area contributed by atoms with E-state index in [-0.39, 0.29) is 57.8 Å². The van der Waals surface area contributed by atoms with Gasteiger partial charge in [0.2, 0.25) is 0 Å². The van der Waals surface area contributed by atoms with Gasteiger partial charge < -0.3 is 20.1 Å². The number of aliphatic hydroxyl groups is 1. The number of rotatable bonds is 5. The normalized spacial score (nSPS) is 27.6. The molecule has 2 unspecified atom stereocenters. The number of anilines is 1. The molecule has 2 N–H and O–H groups in total. The molecule has 13 heteroatoms. The van der Waals surface area contributed by atoms with Gasteiger partial charge >= 0.3 is 0 Å². The Hall–Kier alpha value is -3.29. The molecular weight excluding hydrogens is 537 g/mol. The molecule has 2 aromatic rings. The average molecular weight is 562 g/mol. The minimum atomic E-state index is -4.34. The van der Waals surface area contributed by atoms with Gasteiger partial charge in [0.15, 0.2) is 15.7 Å². The van der Waals surface area contributed by atoms with Crippen LogP contribution in [0, 0.1) is 11.7 Å². The van der Waals surface area contributed by atoms with Crippen molar-refractivity contribution in [3.8, 4) is 0 Å². The molecule has 2 saturated heterocycles. The van der Waals surface area contributed by atoms with Crippen molar-refractivity contribution in [1.29, 1.82) is 0 Å². The summed E-state index contributed by atoms with van der Waals surface area (Å²) in [7, 11) is -7.74. The third-order valence-corrected chi connectivity index (χ3v) is 9.54. The molecule has 1 amide bonds.